The van der Waals surface area contributed by atoms with Crippen molar-refractivity contribution < 1.29 is 17.9 Å². The molecule has 8 heteroatoms. The van der Waals surface area contributed by atoms with Crippen LogP contribution in [0, 0.1) is 12.8 Å². The van der Waals surface area contributed by atoms with Gasteiger partial charge in [0.1, 0.15) is 5.75 Å². The van der Waals surface area contributed by atoms with Gasteiger partial charge in [0.15, 0.2) is 0 Å². The van der Waals surface area contributed by atoms with Gasteiger partial charge in [-0.15, -0.1) is 0 Å². The molecule has 0 radical (unpaired) electrons. The van der Waals surface area contributed by atoms with Crippen molar-refractivity contribution in [3.05, 3.63) is 58.6 Å². The molecule has 1 N–H and O–H groups in total. The Hall–Kier alpha value is -2.09. The van der Waals surface area contributed by atoms with Crippen LogP contribution in [0.5, 0.6) is 5.75 Å². The van der Waals surface area contributed by atoms with E-state index in [4.69, 9.17) is 16.3 Å². The Bertz CT molecular complexity index is 1010. The van der Waals surface area contributed by atoms with E-state index in [0.717, 1.165) is 11.1 Å². The summed E-state index contributed by atoms with van der Waals surface area (Å²) in [4.78, 5) is 12.8. The van der Waals surface area contributed by atoms with E-state index in [-0.39, 0.29) is 28.3 Å². The van der Waals surface area contributed by atoms with Crippen molar-refractivity contribution in [3.8, 4) is 5.75 Å². The summed E-state index contributed by atoms with van der Waals surface area (Å²) < 4.78 is 32.9. The molecule has 0 spiro atoms. The molecule has 30 heavy (non-hydrogen) atoms. The Morgan fingerprint density at radius 2 is 2.07 bits per heavy atom. The summed E-state index contributed by atoms with van der Waals surface area (Å²) in [6, 6.07) is 12.4. The fourth-order valence-corrected chi connectivity index (χ4v) is 5.44. The molecule has 6 nitrogen and oxygen atoms in total. The number of carbonyl (C=O) groups excluding carboxylic acids is 1. The lowest BCUT2D eigenvalue weighted by Gasteiger charge is -2.31. The molecule has 162 valence electrons. The molecule has 2 aromatic rings. The van der Waals surface area contributed by atoms with E-state index in [1.54, 1.807) is 6.07 Å². The van der Waals surface area contributed by atoms with Gasteiger partial charge in [-0.3, -0.25) is 4.79 Å². The molecule has 2 aromatic carbocycles. The van der Waals surface area contributed by atoms with Crippen molar-refractivity contribution in [1.82, 2.24) is 9.62 Å². The Balaban J connectivity index is 1.67. The molecule has 0 aromatic heterocycles. The smallest absolute Gasteiger partial charge is 0.243 e. The molecule has 0 saturated carbocycles. The molecule has 1 amide bonds. The minimum Gasteiger partial charge on any atom is -0.492 e. The van der Waals surface area contributed by atoms with Crippen molar-refractivity contribution in [2.24, 2.45) is 5.92 Å². The monoisotopic (exact) mass is 450 g/mol. The Morgan fingerprint density at radius 3 is 2.77 bits per heavy atom. The van der Waals surface area contributed by atoms with Gasteiger partial charge in [-0.1, -0.05) is 41.4 Å². The summed E-state index contributed by atoms with van der Waals surface area (Å²) in [5.41, 5.74) is 2.15. The SMILES string of the molecule is CCOc1ccc(S(=O)(=O)N2CCC[C@@H](C(=O)NCc3cccc(C)c3)C2)cc1Cl. The van der Waals surface area contributed by atoms with Gasteiger partial charge in [-0.25, -0.2) is 8.42 Å². The van der Waals surface area contributed by atoms with Crippen LogP contribution in [-0.4, -0.2) is 38.3 Å². The third-order valence-corrected chi connectivity index (χ3v) is 7.30. The van der Waals surface area contributed by atoms with Crippen LogP contribution in [0.25, 0.3) is 0 Å². The second-order valence-corrected chi connectivity index (χ2v) is 9.78. The van der Waals surface area contributed by atoms with Crippen molar-refractivity contribution in [1.29, 1.82) is 0 Å². The predicted octanol–water partition coefficient (Wildman–Crippen LogP) is 3.76. The minimum absolute atomic E-state index is 0.108. The number of aryl methyl sites for hydroxylation is 1. The molecule has 1 saturated heterocycles. The van der Waals surface area contributed by atoms with E-state index < -0.39 is 10.0 Å². The maximum atomic E-state index is 13.1. The van der Waals surface area contributed by atoms with Crippen LogP contribution in [0.3, 0.4) is 0 Å². The fourth-order valence-electron chi connectivity index (χ4n) is 3.59. The summed E-state index contributed by atoms with van der Waals surface area (Å²) in [5.74, 6) is -0.0530. The molecule has 3 rings (SSSR count). The highest BCUT2D eigenvalue weighted by Gasteiger charge is 2.33. The summed E-state index contributed by atoms with van der Waals surface area (Å²) in [6.45, 7) is 5.25. The lowest BCUT2D eigenvalue weighted by atomic mass is 9.98. The number of halogens is 1. The van der Waals surface area contributed by atoms with Crippen LogP contribution in [0.4, 0.5) is 0 Å². The number of hydrogen-bond donors (Lipinski definition) is 1. The van der Waals surface area contributed by atoms with E-state index in [9.17, 15) is 13.2 Å². The van der Waals surface area contributed by atoms with Gasteiger partial charge < -0.3 is 10.1 Å². The number of nitrogens with one attached hydrogen (secondary N) is 1. The highest BCUT2D eigenvalue weighted by atomic mass is 35.5. The zero-order valence-electron chi connectivity index (χ0n) is 17.2. The topological polar surface area (TPSA) is 75.7 Å². The first-order chi connectivity index (χ1) is 14.3. The van der Waals surface area contributed by atoms with Crippen molar-refractivity contribution >= 4 is 27.5 Å². The second-order valence-electron chi connectivity index (χ2n) is 7.43. The first kappa shape index (κ1) is 22.6. The van der Waals surface area contributed by atoms with Crippen molar-refractivity contribution in [2.75, 3.05) is 19.7 Å². The Kier molecular flexibility index (Phi) is 7.39. The number of hydrogen-bond acceptors (Lipinski definition) is 4. The molecule has 0 aliphatic carbocycles. The number of sulfonamides is 1. The number of rotatable bonds is 7. The van der Waals surface area contributed by atoms with Crippen LogP contribution in [-0.2, 0) is 21.4 Å². The van der Waals surface area contributed by atoms with Gasteiger partial charge in [0.05, 0.1) is 22.4 Å². The molecule has 1 aliphatic rings. The van der Waals surface area contributed by atoms with E-state index >= 15 is 0 Å². The average molecular weight is 451 g/mol. The second kappa shape index (κ2) is 9.81. The molecular formula is C22H27ClN2O4S. The molecule has 0 bridgehead atoms. The zero-order chi connectivity index (χ0) is 21.7. The molecule has 1 heterocycles. The van der Waals surface area contributed by atoms with E-state index in [1.807, 2.05) is 38.1 Å². The number of carbonyl (C=O) groups is 1. The van der Waals surface area contributed by atoms with Crippen LogP contribution in [0.1, 0.15) is 30.9 Å². The van der Waals surface area contributed by atoms with E-state index in [2.05, 4.69) is 5.32 Å². The number of nitrogens with zero attached hydrogens (tertiary/aromatic N) is 1. The quantitative estimate of drug-likeness (QED) is 0.696. The predicted molar refractivity (Wildman–Crippen MR) is 117 cm³/mol. The van der Waals surface area contributed by atoms with E-state index in [1.165, 1.54) is 16.4 Å². The van der Waals surface area contributed by atoms with Gasteiger partial charge in [-0.2, -0.15) is 4.31 Å². The molecule has 0 unspecified atom stereocenters. The lowest BCUT2D eigenvalue weighted by molar-refractivity contribution is -0.126. The fraction of sp³-hybridized carbons (Fsp3) is 0.409. The Morgan fingerprint density at radius 1 is 1.27 bits per heavy atom. The molecule has 1 fully saturated rings. The molecular weight excluding hydrogens is 424 g/mol. The number of piperidine rings is 1. The summed E-state index contributed by atoms with van der Waals surface area (Å²) in [7, 11) is -3.74. The van der Waals surface area contributed by atoms with Crippen LogP contribution in [0.2, 0.25) is 5.02 Å². The standard InChI is InChI=1S/C22H27ClN2O4S/c1-3-29-21-10-9-19(13-20(21)23)30(27,28)25-11-5-8-18(15-25)22(26)24-14-17-7-4-6-16(2)12-17/h4,6-7,9-10,12-13,18H,3,5,8,11,14-15H2,1-2H3,(H,24,26)/t18-/m1/s1. The van der Waals surface area contributed by atoms with Crippen molar-refractivity contribution in [2.45, 2.75) is 38.1 Å². The maximum absolute atomic E-state index is 13.1. The molecule has 1 aliphatic heterocycles. The van der Waals surface area contributed by atoms with Gasteiger partial charge in [0.25, 0.3) is 0 Å². The number of benzene rings is 2. The Labute approximate surface area is 183 Å². The third kappa shape index (κ3) is 5.33. The van der Waals surface area contributed by atoms with E-state index in [0.29, 0.717) is 38.3 Å². The summed E-state index contributed by atoms with van der Waals surface area (Å²) in [6.07, 6.45) is 1.29. The largest absolute Gasteiger partial charge is 0.492 e. The minimum atomic E-state index is -3.74. The van der Waals surface area contributed by atoms with Crippen LogP contribution < -0.4 is 10.1 Å². The number of ether oxygens (including phenoxy) is 1. The third-order valence-electron chi connectivity index (χ3n) is 5.15. The highest BCUT2D eigenvalue weighted by Crippen LogP contribution is 2.30. The maximum Gasteiger partial charge on any atom is 0.243 e. The normalized spacial score (nSPS) is 17.5. The first-order valence-corrected chi connectivity index (χ1v) is 11.9. The summed E-state index contributed by atoms with van der Waals surface area (Å²) in [5, 5.41) is 3.19. The van der Waals surface area contributed by atoms with Gasteiger partial charge in [0, 0.05) is 19.6 Å². The van der Waals surface area contributed by atoms with Crippen LogP contribution >= 0.6 is 11.6 Å². The summed E-state index contributed by atoms with van der Waals surface area (Å²) >= 11 is 6.17. The van der Waals surface area contributed by atoms with Gasteiger partial charge >= 0.3 is 0 Å². The molecule has 1 atom stereocenters. The van der Waals surface area contributed by atoms with Gasteiger partial charge in [0.2, 0.25) is 15.9 Å². The number of amides is 1. The zero-order valence-corrected chi connectivity index (χ0v) is 18.8. The lowest BCUT2D eigenvalue weighted by Crippen LogP contribution is -2.45. The van der Waals surface area contributed by atoms with Crippen LogP contribution in [0.15, 0.2) is 47.4 Å². The van der Waals surface area contributed by atoms with Crippen molar-refractivity contribution in [3.63, 3.8) is 0 Å². The first-order valence-electron chi connectivity index (χ1n) is 10.1. The van der Waals surface area contributed by atoms with Gasteiger partial charge in [-0.05, 0) is 50.5 Å². The highest BCUT2D eigenvalue weighted by molar-refractivity contribution is 7.89. The average Bonchev–Trinajstić information content (AvgIpc) is 2.73.